The molecule has 6 heteroatoms. The molecule has 1 saturated heterocycles. The molecule has 27 heavy (non-hydrogen) atoms. The Morgan fingerprint density at radius 3 is 2.37 bits per heavy atom. The van der Waals surface area contributed by atoms with E-state index in [2.05, 4.69) is 10.2 Å². The molecule has 1 aliphatic rings. The van der Waals surface area contributed by atoms with E-state index in [0.29, 0.717) is 30.0 Å². The molecule has 2 heterocycles. The molecule has 0 unspecified atom stereocenters. The van der Waals surface area contributed by atoms with Crippen LogP contribution in [0.3, 0.4) is 0 Å². The Labute approximate surface area is 160 Å². The molecular formula is C21H27N3O3. The highest BCUT2D eigenvalue weighted by atomic mass is 16.3. The van der Waals surface area contributed by atoms with E-state index in [1.54, 1.807) is 13.0 Å². The lowest BCUT2D eigenvalue weighted by Gasteiger charge is -2.32. The van der Waals surface area contributed by atoms with Crippen LogP contribution in [0, 0.1) is 6.92 Å². The third-order valence-electron chi connectivity index (χ3n) is 4.92. The monoisotopic (exact) mass is 369 g/mol. The molecule has 1 N–H and O–H groups in total. The van der Waals surface area contributed by atoms with Crippen molar-refractivity contribution in [2.24, 2.45) is 0 Å². The van der Waals surface area contributed by atoms with Gasteiger partial charge in [0.25, 0.3) is 11.8 Å². The Balaban J connectivity index is 1.52. The van der Waals surface area contributed by atoms with Crippen LogP contribution in [0.1, 0.15) is 44.9 Å². The molecule has 0 atom stereocenters. The molecule has 2 aromatic rings. The summed E-state index contributed by atoms with van der Waals surface area (Å²) in [4.78, 5) is 29.0. The molecule has 3 rings (SSSR count). The second-order valence-corrected chi connectivity index (χ2v) is 7.37. The second kappa shape index (κ2) is 8.39. The van der Waals surface area contributed by atoms with Gasteiger partial charge in [0.1, 0.15) is 5.76 Å². The summed E-state index contributed by atoms with van der Waals surface area (Å²) in [6.07, 6.45) is 3.04. The molecule has 6 nitrogen and oxygen atoms in total. The minimum Gasteiger partial charge on any atom is -0.469 e. The predicted octanol–water partition coefficient (Wildman–Crippen LogP) is 2.68. The van der Waals surface area contributed by atoms with E-state index < -0.39 is 0 Å². The Kier molecular flexibility index (Phi) is 5.96. The van der Waals surface area contributed by atoms with Crippen molar-refractivity contribution in [3.63, 3.8) is 0 Å². The Morgan fingerprint density at radius 1 is 1.15 bits per heavy atom. The van der Waals surface area contributed by atoms with Gasteiger partial charge in [-0.2, -0.15) is 0 Å². The van der Waals surface area contributed by atoms with Gasteiger partial charge in [-0.15, -0.1) is 0 Å². The molecule has 1 aromatic carbocycles. The number of rotatable bonds is 5. The number of benzene rings is 1. The summed E-state index contributed by atoms with van der Waals surface area (Å²) in [5, 5.41) is 3.05. The fourth-order valence-corrected chi connectivity index (χ4v) is 3.41. The fraction of sp³-hybridized carbons (Fsp3) is 0.429. The molecule has 0 saturated carbocycles. The molecule has 144 valence electrons. The average molecular weight is 369 g/mol. The van der Waals surface area contributed by atoms with Crippen molar-refractivity contribution in [1.29, 1.82) is 0 Å². The molecule has 1 aliphatic heterocycles. The molecule has 1 fully saturated rings. The largest absolute Gasteiger partial charge is 0.469 e. The van der Waals surface area contributed by atoms with Crippen LogP contribution >= 0.6 is 0 Å². The fourth-order valence-electron chi connectivity index (χ4n) is 3.41. The zero-order valence-electron chi connectivity index (χ0n) is 16.2. The predicted molar refractivity (Wildman–Crippen MR) is 104 cm³/mol. The maximum atomic E-state index is 12.7. The summed E-state index contributed by atoms with van der Waals surface area (Å²) >= 11 is 0. The van der Waals surface area contributed by atoms with Crippen LogP contribution in [0.4, 0.5) is 0 Å². The number of hydrogen-bond acceptors (Lipinski definition) is 4. The summed E-state index contributed by atoms with van der Waals surface area (Å²) in [6, 6.07) is 9.58. The quantitative estimate of drug-likeness (QED) is 0.880. The van der Waals surface area contributed by atoms with Crippen LogP contribution in [0.25, 0.3) is 0 Å². The standard InChI is InChI=1S/C21H27N3O3/c1-15-19(10-13-27-15)20(25)22-18-8-11-24(12-9-18)21(26)17-6-4-16(5-7-17)14-23(2)3/h4-7,10,13,18H,8-9,11-12,14H2,1-3H3,(H,22,25). The molecule has 1 aromatic heterocycles. The average Bonchev–Trinajstić information content (AvgIpc) is 3.08. The highest BCUT2D eigenvalue weighted by Crippen LogP contribution is 2.16. The SMILES string of the molecule is Cc1occc1C(=O)NC1CCN(C(=O)c2ccc(CN(C)C)cc2)CC1. The van der Waals surface area contributed by atoms with Crippen LogP contribution < -0.4 is 5.32 Å². The van der Waals surface area contributed by atoms with Crippen molar-refractivity contribution in [1.82, 2.24) is 15.1 Å². The van der Waals surface area contributed by atoms with Crippen molar-refractivity contribution in [2.45, 2.75) is 32.4 Å². The first kappa shape index (κ1) is 19.2. The van der Waals surface area contributed by atoms with Gasteiger partial charge in [-0.1, -0.05) is 12.1 Å². The number of nitrogens with zero attached hydrogens (tertiary/aromatic N) is 2. The lowest BCUT2D eigenvalue weighted by Crippen LogP contribution is -2.46. The third kappa shape index (κ3) is 4.77. The summed E-state index contributed by atoms with van der Waals surface area (Å²) in [7, 11) is 4.05. The van der Waals surface area contributed by atoms with Gasteiger partial charge in [-0.3, -0.25) is 9.59 Å². The van der Waals surface area contributed by atoms with Crippen molar-refractivity contribution in [3.8, 4) is 0 Å². The van der Waals surface area contributed by atoms with E-state index >= 15 is 0 Å². The number of carbonyl (C=O) groups excluding carboxylic acids is 2. The number of nitrogens with one attached hydrogen (secondary N) is 1. The highest BCUT2D eigenvalue weighted by molar-refractivity contribution is 5.95. The maximum absolute atomic E-state index is 12.7. The van der Waals surface area contributed by atoms with Gasteiger partial charge >= 0.3 is 0 Å². The van der Waals surface area contributed by atoms with Crippen LogP contribution in [0.15, 0.2) is 41.0 Å². The number of carbonyl (C=O) groups is 2. The Hall–Kier alpha value is -2.60. The van der Waals surface area contributed by atoms with Crippen LogP contribution in [-0.2, 0) is 6.54 Å². The molecule has 0 radical (unpaired) electrons. The topological polar surface area (TPSA) is 65.8 Å². The number of likely N-dealkylation sites (tertiary alicyclic amines) is 1. The molecule has 0 spiro atoms. The Morgan fingerprint density at radius 2 is 1.81 bits per heavy atom. The zero-order chi connectivity index (χ0) is 19.4. The van der Waals surface area contributed by atoms with Crippen molar-refractivity contribution in [3.05, 3.63) is 59.0 Å². The van der Waals surface area contributed by atoms with E-state index in [0.717, 1.165) is 19.4 Å². The lowest BCUT2D eigenvalue weighted by atomic mass is 10.0. The second-order valence-electron chi connectivity index (χ2n) is 7.37. The van der Waals surface area contributed by atoms with E-state index in [-0.39, 0.29) is 17.9 Å². The van der Waals surface area contributed by atoms with Crippen LogP contribution in [-0.4, -0.2) is 54.8 Å². The van der Waals surface area contributed by atoms with Crippen LogP contribution in [0.2, 0.25) is 0 Å². The first-order valence-electron chi connectivity index (χ1n) is 9.32. The number of hydrogen-bond donors (Lipinski definition) is 1. The number of piperidine rings is 1. The minimum absolute atomic E-state index is 0.0573. The molecule has 0 bridgehead atoms. The molecule has 0 aliphatic carbocycles. The van der Waals surface area contributed by atoms with E-state index in [1.807, 2.05) is 43.3 Å². The van der Waals surface area contributed by atoms with Crippen molar-refractivity contribution in [2.75, 3.05) is 27.2 Å². The summed E-state index contributed by atoms with van der Waals surface area (Å²) in [5.41, 5.74) is 2.48. The highest BCUT2D eigenvalue weighted by Gasteiger charge is 2.25. The number of amides is 2. The van der Waals surface area contributed by atoms with Crippen molar-refractivity contribution >= 4 is 11.8 Å². The Bertz CT molecular complexity index is 787. The maximum Gasteiger partial charge on any atom is 0.255 e. The summed E-state index contributed by atoms with van der Waals surface area (Å²) in [6.45, 7) is 3.93. The first-order valence-corrected chi connectivity index (χ1v) is 9.32. The first-order chi connectivity index (χ1) is 12.9. The third-order valence-corrected chi connectivity index (χ3v) is 4.92. The number of aryl methyl sites for hydroxylation is 1. The van der Waals surface area contributed by atoms with Gasteiger partial charge in [0.2, 0.25) is 0 Å². The summed E-state index contributed by atoms with van der Waals surface area (Å²) in [5.74, 6) is 0.571. The van der Waals surface area contributed by atoms with Gasteiger partial charge in [-0.05, 0) is 57.6 Å². The smallest absolute Gasteiger partial charge is 0.255 e. The molecular weight excluding hydrogens is 342 g/mol. The van der Waals surface area contributed by atoms with E-state index in [4.69, 9.17) is 4.42 Å². The lowest BCUT2D eigenvalue weighted by molar-refractivity contribution is 0.0698. The van der Waals surface area contributed by atoms with Gasteiger partial charge in [-0.25, -0.2) is 0 Å². The van der Waals surface area contributed by atoms with Gasteiger partial charge in [0.15, 0.2) is 0 Å². The van der Waals surface area contributed by atoms with E-state index in [1.165, 1.54) is 11.8 Å². The normalized spacial score (nSPS) is 15.2. The van der Waals surface area contributed by atoms with Crippen molar-refractivity contribution < 1.29 is 14.0 Å². The van der Waals surface area contributed by atoms with Gasteiger partial charge in [0, 0.05) is 31.2 Å². The zero-order valence-corrected chi connectivity index (χ0v) is 16.2. The van der Waals surface area contributed by atoms with Gasteiger partial charge < -0.3 is 19.5 Å². The minimum atomic E-state index is -0.109. The van der Waals surface area contributed by atoms with Crippen LogP contribution in [0.5, 0.6) is 0 Å². The van der Waals surface area contributed by atoms with E-state index in [9.17, 15) is 9.59 Å². The number of furan rings is 1. The summed E-state index contributed by atoms with van der Waals surface area (Å²) < 4.78 is 5.19. The molecule has 2 amide bonds. The van der Waals surface area contributed by atoms with Gasteiger partial charge in [0.05, 0.1) is 11.8 Å².